The zero-order valence-corrected chi connectivity index (χ0v) is 15.9. The summed E-state index contributed by atoms with van der Waals surface area (Å²) in [6.07, 6.45) is 0.603. The second-order valence-electron chi connectivity index (χ2n) is 6.43. The minimum atomic E-state index is -3.83. The van der Waals surface area contributed by atoms with Gasteiger partial charge in [-0.05, 0) is 37.0 Å². The molecule has 1 aromatic rings. The average Bonchev–Trinajstić information content (AvgIpc) is 3.00. The molecule has 3 N–H and O–H groups in total. The molecule has 0 aromatic heterocycles. The first kappa shape index (κ1) is 19.7. The first-order valence-electron chi connectivity index (χ1n) is 8.59. The molecule has 1 aliphatic rings. The van der Waals surface area contributed by atoms with Crippen molar-refractivity contribution in [3.8, 4) is 0 Å². The summed E-state index contributed by atoms with van der Waals surface area (Å²) >= 11 is 0. The molecule has 2 rings (SSSR count). The van der Waals surface area contributed by atoms with Crippen LogP contribution in [0.3, 0.4) is 0 Å². The number of sulfonamides is 1. The molecule has 0 radical (unpaired) electrons. The molecule has 0 saturated carbocycles. The number of nitrogens with one attached hydrogen (secondary N) is 3. The van der Waals surface area contributed by atoms with E-state index in [1.165, 1.54) is 0 Å². The fraction of sp³-hybridized carbons (Fsp3) is 0.588. The molecule has 1 fully saturated rings. The van der Waals surface area contributed by atoms with Gasteiger partial charge in [0.25, 0.3) is 10.0 Å². The smallest absolute Gasteiger partial charge is 0.313 e. The monoisotopic (exact) mass is 369 g/mol. The van der Waals surface area contributed by atoms with Gasteiger partial charge >= 0.3 is 5.97 Å². The summed E-state index contributed by atoms with van der Waals surface area (Å²) in [7, 11) is -3.83. The fourth-order valence-corrected chi connectivity index (χ4v) is 4.40. The van der Waals surface area contributed by atoms with Gasteiger partial charge in [0.1, 0.15) is 5.92 Å². The SMILES string of the molecule is CCOC(=O)C1C(CC)NNC1S(=O)(=O)Nc1ccc(C(C)C)cc1. The van der Waals surface area contributed by atoms with Crippen molar-refractivity contribution < 1.29 is 17.9 Å². The fourth-order valence-electron chi connectivity index (χ4n) is 2.90. The van der Waals surface area contributed by atoms with Crippen LogP contribution in [0.2, 0.25) is 0 Å². The number of carbonyl (C=O) groups excluding carboxylic acids is 1. The molecule has 0 amide bonds. The van der Waals surface area contributed by atoms with E-state index in [0.29, 0.717) is 18.0 Å². The highest BCUT2D eigenvalue weighted by molar-refractivity contribution is 7.93. The second kappa shape index (κ2) is 8.16. The lowest BCUT2D eigenvalue weighted by Gasteiger charge is -2.21. The predicted molar refractivity (Wildman–Crippen MR) is 97.3 cm³/mol. The minimum absolute atomic E-state index is 0.211. The highest BCUT2D eigenvalue weighted by Crippen LogP contribution is 2.25. The maximum atomic E-state index is 12.8. The van der Waals surface area contributed by atoms with Crippen LogP contribution in [-0.2, 0) is 19.6 Å². The van der Waals surface area contributed by atoms with E-state index < -0.39 is 27.3 Å². The topological polar surface area (TPSA) is 96.5 Å². The molecule has 1 aliphatic heterocycles. The Hall–Kier alpha value is -1.64. The Balaban J connectivity index is 2.20. The Labute approximate surface area is 149 Å². The van der Waals surface area contributed by atoms with Crippen LogP contribution in [0, 0.1) is 5.92 Å². The molecule has 1 aromatic carbocycles. The molecule has 8 heteroatoms. The molecular formula is C17H27N3O4S. The summed E-state index contributed by atoms with van der Waals surface area (Å²) in [6.45, 7) is 7.94. The van der Waals surface area contributed by atoms with Crippen molar-refractivity contribution in [2.45, 2.75) is 51.4 Å². The van der Waals surface area contributed by atoms with Gasteiger partial charge in [-0.2, -0.15) is 0 Å². The van der Waals surface area contributed by atoms with Crippen molar-refractivity contribution in [1.82, 2.24) is 10.9 Å². The van der Waals surface area contributed by atoms with Crippen molar-refractivity contribution in [1.29, 1.82) is 0 Å². The summed E-state index contributed by atoms with van der Waals surface area (Å²) in [5.41, 5.74) is 7.22. The third-order valence-electron chi connectivity index (χ3n) is 4.34. The minimum Gasteiger partial charge on any atom is -0.466 e. The molecule has 3 unspecified atom stereocenters. The van der Waals surface area contributed by atoms with Crippen LogP contribution in [0.25, 0.3) is 0 Å². The van der Waals surface area contributed by atoms with Crippen molar-refractivity contribution in [2.24, 2.45) is 5.92 Å². The van der Waals surface area contributed by atoms with Crippen LogP contribution in [0.15, 0.2) is 24.3 Å². The molecule has 0 spiro atoms. The van der Waals surface area contributed by atoms with Gasteiger partial charge in [0.05, 0.1) is 6.61 Å². The Morgan fingerprint density at radius 1 is 1.20 bits per heavy atom. The Kier molecular flexibility index (Phi) is 6.42. The highest BCUT2D eigenvalue weighted by atomic mass is 32.2. The number of anilines is 1. The summed E-state index contributed by atoms with van der Waals surface area (Å²) in [5, 5.41) is -1.10. The van der Waals surface area contributed by atoms with Gasteiger partial charge in [0.15, 0.2) is 5.37 Å². The molecule has 7 nitrogen and oxygen atoms in total. The number of hydrogen-bond donors (Lipinski definition) is 3. The maximum absolute atomic E-state index is 12.8. The lowest BCUT2D eigenvalue weighted by Crippen LogP contribution is -2.44. The van der Waals surface area contributed by atoms with Crippen LogP contribution >= 0.6 is 0 Å². The van der Waals surface area contributed by atoms with E-state index in [1.807, 2.05) is 19.1 Å². The predicted octanol–water partition coefficient (Wildman–Crippen LogP) is 1.94. The first-order valence-corrected chi connectivity index (χ1v) is 10.1. The third kappa shape index (κ3) is 4.50. The lowest BCUT2D eigenvalue weighted by atomic mass is 10.00. The molecule has 25 heavy (non-hydrogen) atoms. The number of ether oxygens (including phenoxy) is 1. The van der Waals surface area contributed by atoms with Crippen LogP contribution in [0.4, 0.5) is 5.69 Å². The average molecular weight is 369 g/mol. The Morgan fingerprint density at radius 3 is 2.36 bits per heavy atom. The van der Waals surface area contributed by atoms with Crippen LogP contribution in [0.5, 0.6) is 0 Å². The van der Waals surface area contributed by atoms with Crippen LogP contribution < -0.4 is 15.6 Å². The summed E-state index contributed by atoms with van der Waals surface area (Å²) in [5.74, 6) is -0.959. The lowest BCUT2D eigenvalue weighted by molar-refractivity contribution is -0.148. The molecule has 3 atom stereocenters. The zero-order valence-electron chi connectivity index (χ0n) is 15.1. The summed E-state index contributed by atoms with van der Waals surface area (Å²) in [4.78, 5) is 12.2. The van der Waals surface area contributed by atoms with Crippen molar-refractivity contribution in [3.63, 3.8) is 0 Å². The highest BCUT2D eigenvalue weighted by Gasteiger charge is 2.48. The van der Waals surface area contributed by atoms with Gasteiger partial charge in [-0.15, -0.1) is 0 Å². The number of carbonyl (C=O) groups is 1. The van der Waals surface area contributed by atoms with Gasteiger partial charge in [0, 0.05) is 11.7 Å². The third-order valence-corrected chi connectivity index (χ3v) is 5.94. The normalized spacial score (nSPS) is 23.6. The van der Waals surface area contributed by atoms with E-state index in [4.69, 9.17) is 4.74 Å². The number of benzene rings is 1. The molecule has 1 heterocycles. The van der Waals surface area contributed by atoms with Gasteiger partial charge in [-0.25, -0.2) is 13.8 Å². The van der Waals surface area contributed by atoms with Crippen molar-refractivity contribution in [3.05, 3.63) is 29.8 Å². The van der Waals surface area contributed by atoms with E-state index in [9.17, 15) is 13.2 Å². The van der Waals surface area contributed by atoms with Crippen molar-refractivity contribution >= 4 is 21.7 Å². The number of hydrazine groups is 1. The molecule has 0 aliphatic carbocycles. The molecule has 0 bridgehead atoms. The maximum Gasteiger partial charge on any atom is 0.313 e. The first-order chi connectivity index (χ1) is 11.8. The Morgan fingerprint density at radius 2 is 1.84 bits per heavy atom. The molecular weight excluding hydrogens is 342 g/mol. The van der Waals surface area contributed by atoms with Crippen molar-refractivity contribution in [2.75, 3.05) is 11.3 Å². The van der Waals surface area contributed by atoms with Crippen LogP contribution in [-0.4, -0.2) is 32.4 Å². The largest absolute Gasteiger partial charge is 0.466 e. The van der Waals surface area contributed by atoms with E-state index in [0.717, 1.165) is 5.56 Å². The number of rotatable bonds is 7. The Bertz CT molecular complexity index is 688. The molecule has 1 saturated heterocycles. The van der Waals surface area contributed by atoms with E-state index >= 15 is 0 Å². The van der Waals surface area contributed by atoms with Gasteiger partial charge in [-0.1, -0.05) is 32.9 Å². The quantitative estimate of drug-likeness (QED) is 0.636. The second-order valence-corrected chi connectivity index (χ2v) is 8.23. The zero-order chi connectivity index (χ0) is 18.6. The van der Waals surface area contributed by atoms with Gasteiger partial charge < -0.3 is 4.74 Å². The standard InChI is InChI=1S/C17H27N3O4S/c1-5-14-15(17(21)24-6-2)16(19-18-14)25(22,23)20-13-9-7-12(8-10-13)11(3)4/h7-11,14-16,18-20H,5-6H2,1-4H3. The summed E-state index contributed by atoms with van der Waals surface area (Å²) in [6, 6.07) is 6.93. The van der Waals surface area contributed by atoms with Crippen LogP contribution in [0.1, 0.15) is 45.6 Å². The van der Waals surface area contributed by atoms with E-state index in [-0.39, 0.29) is 12.6 Å². The van der Waals surface area contributed by atoms with E-state index in [1.54, 1.807) is 19.1 Å². The summed E-state index contributed by atoms with van der Waals surface area (Å²) < 4.78 is 33.2. The number of hydrogen-bond acceptors (Lipinski definition) is 6. The van der Waals surface area contributed by atoms with Gasteiger partial charge in [-0.3, -0.25) is 14.9 Å². The number of esters is 1. The van der Waals surface area contributed by atoms with E-state index in [2.05, 4.69) is 29.4 Å². The molecule has 140 valence electrons. The van der Waals surface area contributed by atoms with Gasteiger partial charge in [0.2, 0.25) is 0 Å².